The van der Waals surface area contributed by atoms with Crippen molar-refractivity contribution in [3.05, 3.63) is 65.2 Å². The topological polar surface area (TPSA) is 55.8 Å². The minimum atomic E-state index is -0.375. The summed E-state index contributed by atoms with van der Waals surface area (Å²) >= 11 is 0. The molecule has 4 rings (SSSR count). The molecule has 1 fully saturated rings. The van der Waals surface area contributed by atoms with Gasteiger partial charge in [-0.15, -0.1) is 0 Å². The smallest absolute Gasteiger partial charge is 0.414 e. The number of benzene rings is 2. The van der Waals surface area contributed by atoms with Gasteiger partial charge in [-0.3, -0.25) is 9.69 Å². The Morgan fingerprint density at radius 1 is 1.08 bits per heavy atom. The Morgan fingerprint density at radius 3 is 2.84 bits per heavy atom. The van der Waals surface area contributed by atoms with Crippen LogP contribution < -0.4 is 9.64 Å². The zero-order chi connectivity index (χ0) is 17.2. The van der Waals surface area contributed by atoms with Crippen molar-refractivity contribution in [3.8, 4) is 5.75 Å². The van der Waals surface area contributed by atoms with E-state index in [-0.39, 0.29) is 11.9 Å². The summed E-state index contributed by atoms with van der Waals surface area (Å²) in [5, 5.41) is 0. The van der Waals surface area contributed by atoms with E-state index >= 15 is 0 Å². The third-order valence-corrected chi connectivity index (χ3v) is 4.34. The summed E-state index contributed by atoms with van der Waals surface area (Å²) in [5.74, 6) is 0.819. The number of fused-ring (bicyclic) bond motifs is 1. The monoisotopic (exact) mass is 335 g/mol. The van der Waals surface area contributed by atoms with Crippen molar-refractivity contribution in [2.75, 3.05) is 24.7 Å². The second-order valence-electron chi connectivity index (χ2n) is 5.98. The standard InChI is InChI=1S/C20H17NO4/c22-18(6-4-14-5-7-19-16(12-14)8-10-24-19)15-2-1-3-17(13-15)21-9-11-25-20(21)23/h1-7,12-13H,8-11H2/b6-4-. The van der Waals surface area contributed by atoms with E-state index in [4.69, 9.17) is 9.47 Å². The number of nitrogens with zero attached hydrogens (tertiary/aromatic N) is 1. The SMILES string of the molecule is O=C(/C=C\c1ccc2c(c1)CCO2)c1cccc(N2CCOC2=O)c1. The summed E-state index contributed by atoms with van der Waals surface area (Å²) in [4.78, 5) is 25.6. The lowest BCUT2D eigenvalue weighted by Crippen LogP contribution is -2.23. The van der Waals surface area contributed by atoms with Gasteiger partial charge in [0.05, 0.1) is 13.2 Å². The van der Waals surface area contributed by atoms with E-state index in [1.54, 1.807) is 36.4 Å². The first kappa shape index (κ1) is 15.4. The molecule has 0 unspecified atom stereocenters. The van der Waals surface area contributed by atoms with E-state index in [0.717, 1.165) is 17.7 Å². The number of carbonyl (C=O) groups is 2. The van der Waals surface area contributed by atoms with Gasteiger partial charge in [0.2, 0.25) is 0 Å². The number of anilines is 1. The lowest BCUT2D eigenvalue weighted by molar-refractivity contribution is 0.104. The third-order valence-electron chi connectivity index (χ3n) is 4.34. The van der Waals surface area contributed by atoms with Crippen LogP contribution in [-0.2, 0) is 11.2 Å². The van der Waals surface area contributed by atoms with Gasteiger partial charge < -0.3 is 9.47 Å². The molecule has 1 amide bonds. The first-order valence-electron chi connectivity index (χ1n) is 8.23. The summed E-state index contributed by atoms with van der Waals surface area (Å²) in [6.07, 6.45) is 3.89. The fourth-order valence-electron chi connectivity index (χ4n) is 3.03. The van der Waals surface area contributed by atoms with Gasteiger partial charge in [0.15, 0.2) is 5.78 Å². The Bertz CT molecular complexity index is 872. The van der Waals surface area contributed by atoms with Crippen molar-refractivity contribution in [2.24, 2.45) is 0 Å². The molecule has 2 aliphatic rings. The number of amides is 1. The van der Waals surface area contributed by atoms with E-state index in [2.05, 4.69) is 0 Å². The van der Waals surface area contributed by atoms with Gasteiger partial charge in [-0.1, -0.05) is 24.3 Å². The Morgan fingerprint density at radius 2 is 2.00 bits per heavy atom. The maximum Gasteiger partial charge on any atom is 0.414 e. The molecule has 2 aliphatic heterocycles. The van der Waals surface area contributed by atoms with E-state index in [1.807, 2.05) is 18.2 Å². The van der Waals surface area contributed by atoms with E-state index in [0.29, 0.717) is 31.0 Å². The molecule has 2 aromatic carbocycles. The van der Waals surface area contributed by atoms with Gasteiger partial charge >= 0.3 is 6.09 Å². The van der Waals surface area contributed by atoms with Crippen molar-refractivity contribution >= 4 is 23.6 Å². The Hall–Kier alpha value is -3.08. The molecule has 0 N–H and O–H groups in total. The molecule has 0 atom stereocenters. The average molecular weight is 335 g/mol. The van der Waals surface area contributed by atoms with Crippen LogP contribution >= 0.6 is 0 Å². The number of allylic oxidation sites excluding steroid dienone is 1. The van der Waals surface area contributed by atoms with Crippen molar-refractivity contribution in [3.63, 3.8) is 0 Å². The molecule has 126 valence electrons. The van der Waals surface area contributed by atoms with Crippen LogP contribution in [0.3, 0.4) is 0 Å². The maximum atomic E-state index is 12.5. The Balaban J connectivity index is 1.52. The number of ether oxygens (including phenoxy) is 2. The molecular formula is C20H17NO4. The highest BCUT2D eigenvalue weighted by Gasteiger charge is 2.23. The minimum absolute atomic E-state index is 0.105. The highest BCUT2D eigenvalue weighted by atomic mass is 16.6. The molecule has 0 radical (unpaired) electrons. The summed E-state index contributed by atoms with van der Waals surface area (Å²) < 4.78 is 10.4. The molecule has 0 aromatic heterocycles. The van der Waals surface area contributed by atoms with Gasteiger partial charge in [-0.2, -0.15) is 0 Å². The first-order valence-corrected chi connectivity index (χ1v) is 8.23. The van der Waals surface area contributed by atoms with Crippen LogP contribution in [-0.4, -0.2) is 31.6 Å². The molecule has 2 heterocycles. The first-order chi connectivity index (χ1) is 12.2. The quantitative estimate of drug-likeness (QED) is 0.634. The van der Waals surface area contributed by atoms with E-state index in [9.17, 15) is 9.59 Å². The molecule has 2 aromatic rings. The van der Waals surface area contributed by atoms with E-state index < -0.39 is 0 Å². The average Bonchev–Trinajstić information content (AvgIpc) is 3.27. The van der Waals surface area contributed by atoms with Crippen LogP contribution in [0.2, 0.25) is 0 Å². The molecule has 25 heavy (non-hydrogen) atoms. The van der Waals surface area contributed by atoms with Crippen molar-refractivity contribution in [2.45, 2.75) is 6.42 Å². The predicted octanol–water partition coefficient (Wildman–Crippen LogP) is 3.47. The van der Waals surface area contributed by atoms with Gasteiger partial charge in [0.1, 0.15) is 12.4 Å². The normalized spacial score (nSPS) is 16.0. The largest absolute Gasteiger partial charge is 0.493 e. The van der Waals surface area contributed by atoms with Gasteiger partial charge in [-0.05, 0) is 41.5 Å². The maximum absolute atomic E-state index is 12.5. The molecule has 0 aliphatic carbocycles. The number of carbonyl (C=O) groups excluding carboxylic acids is 2. The molecule has 0 spiro atoms. The highest BCUT2D eigenvalue weighted by Crippen LogP contribution is 2.26. The number of ketones is 1. The zero-order valence-corrected chi connectivity index (χ0v) is 13.6. The molecule has 5 nitrogen and oxygen atoms in total. The molecule has 0 bridgehead atoms. The number of hydrogen-bond donors (Lipinski definition) is 0. The van der Waals surface area contributed by atoms with Gasteiger partial charge in [0.25, 0.3) is 0 Å². The fourth-order valence-corrected chi connectivity index (χ4v) is 3.03. The molecule has 5 heteroatoms. The van der Waals surface area contributed by atoms with E-state index in [1.165, 1.54) is 10.5 Å². The van der Waals surface area contributed by atoms with Gasteiger partial charge in [-0.25, -0.2) is 4.79 Å². The second kappa shape index (κ2) is 6.43. The highest BCUT2D eigenvalue weighted by molar-refractivity contribution is 6.07. The summed E-state index contributed by atoms with van der Waals surface area (Å²) in [6.45, 7) is 1.59. The summed E-state index contributed by atoms with van der Waals surface area (Å²) in [5.41, 5.74) is 3.36. The Labute approximate surface area is 145 Å². The van der Waals surface area contributed by atoms with Crippen LogP contribution in [0.15, 0.2) is 48.5 Å². The zero-order valence-electron chi connectivity index (χ0n) is 13.6. The van der Waals surface area contributed by atoms with Crippen LogP contribution in [0.25, 0.3) is 6.08 Å². The minimum Gasteiger partial charge on any atom is -0.493 e. The number of hydrogen-bond acceptors (Lipinski definition) is 4. The van der Waals surface area contributed by atoms with Crippen LogP contribution in [0.5, 0.6) is 5.75 Å². The van der Waals surface area contributed by atoms with Crippen LogP contribution in [0, 0.1) is 0 Å². The lowest BCUT2D eigenvalue weighted by atomic mass is 10.1. The molecule has 1 saturated heterocycles. The third kappa shape index (κ3) is 3.13. The lowest BCUT2D eigenvalue weighted by Gasteiger charge is -2.13. The van der Waals surface area contributed by atoms with Crippen LogP contribution in [0.4, 0.5) is 10.5 Å². The van der Waals surface area contributed by atoms with Crippen molar-refractivity contribution in [1.29, 1.82) is 0 Å². The molecular weight excluding hydrogens is 318 g/mol. The van der Waals surface area contributed by atoms with Crippen molar-refractivity contribution in [1.82, 2.24) is 0 Å². The fraction of sp³-hybridized carbons (Fsp3) is 0.200. The van der Waals surface area contributed by atoms with Gasteiger partial charge in [0, 0.05) is 17.7 Å². The Kier molecular flexibility index (Phi) is 3.98. The summed E-state index contributed by atoms with van der Waals surface area (Å²) in [7, 11) is 0. The van der Waals surface area contributed by atoms with Crippen LogP contribution in [0.1, 0.15) is 21.5 Å². The number of cyclic esters (lactones) is 1. The molecule has 0 saturated carbocycles. The van der Waals surface area contributed by atoms with Crippen molar-refractivity contribution < 1.29 is 19.1 Å². The predicted molar refractivity (Wildman–Crippen MR) is 94.1 cm³/mol. The number of rotatable bonds is 4. The summed E-state index contributed by atoms with van der Waals surface area (Å²) in [6, 6.07) is 13.0. The second-order valence-corrected chi connectivity index (χ2v) is 5.98.